The van der Waals surface area contributed by atoms with Gasteiger partial charge in [-0.25, -0.2) is 0 Å². The molecule has 0 aliphatic carbocycles. The average molecular weight is 192 g/mol. The number of hydrogen-bond acceptors (Lipinski definition) is 3. The van der Waals surface area contributed by atoms with Gasteiger partial charge in [0.1, 0.15) is 0 Å². The fourth-order valence-electron chi connectivity index (χ4n) is 1.32. The highest BCUT2D eigenvalue weighted by atomic mass is 28.2. The van der Waals surface area contributed by atoms with E-state index in [0.29, 0.717) is 0 Å². The van der Waals surface area contributed by atoms with Crippen molar-refractivity contribution in [3.8, 4) is 0 Å². The van der Waals surface area contributed by atoms with Crippen molar-refractivity contribution in [1.82, 2.24) is 10.6 Å². The quantitative estimate of drug-likeness (QED) is 0.483. The molecule has 1 aromatic carbocycles. The van der Waals surface area contributed by atoms with Gasteiger partial charge in [-0.3, -0.25) is 0 Å². The van der Waals surface area contributed by atoms with E-state index >= 15 is 0 Å². The summed E-state index contributed by atoms with van der Waals surface area (Å²) in [5.41, 5.74) is 2.25. The molecule has 0 unspecified atom stereocenters. The van der Waals surface area contributed by atoms with Gasteiger partial charge in [-0.05, 0) is 20.2 Å². The zero-order valence-corrected chi connectivity index (χ0v) is 8.89. The highest BCUT2D eigenvalue weighted by Gasteiger charge is 2.08. The van der Waals surface area contributed by atoms with Crippen molar-refractivity contribution in [1.29, 1.82) is 0 Å². The summed E-state index contributed by atoms with van der Waals surface area (Å²) in [6.07, 6.45) is 0.167. The van der Waals surface area contributed by atoms with E-state index in [1.54, 1.807) is 0 Å². The molecule has 3 N–H and O–H groups in total. The van der Waals surface area contributed by atoms with Crippen molar-refractivity contribution in [2.24, 2.45) is 0 Å². The standard InChI is InChI=1S/C9H14N3Si/c1-10-9(11-2)7-5-3-4-6-8(7)12-13/h3-6,9-12H,1-2H3. The van der Waals surface area contributed by atoms with E-state index in [2.05, 4.69) is 32.1 Å². The molecule has 0 aliphatic heterocycles. The number of para-hydroxylation sites is 1. The van der Waals surface area contributed by atoms with Crippen molar-refractivity contribution in [3.63, 3.8) is 0 Å². The third kappa shape index (κ3) is 2.30. The van der Waals surface area contributed by atoms with Crippen LogP contribution in [0, 0.1) is 0 Å². The SMILES string of the molecule is CNC(NC)c1ccccc1N[Si]. The molecule has 3 nitrogen and oxygen atoms in total. The van der Waals surface area contributed by atoms with Crippen LogP contribution >= 0.6 is 0 Å². The summed E-state index contributed by atoms with van der Waals surface area (Å²) in [4.78, 5) is 2.97. The van der Waals surface area contributed by atoms with E-state index in [-0.39, 0.29) is 6.17 Å². The molecule has 0 heterocycles. The molecule has 0 spiro atoms. The number of hydrogen-bond donors (Lipinski definition) is 3. The summed E-state index contributed by atoms with van der Waals surface area (Å²) in [6.45, 7) is 0. The molecule has 4 heteroatoms. The van der Waals surface area contributed by atoms with Crippen LogP contribution in [0.5, 0.6) is 0 Å². The van der Waals surface area contributed by atoms with Gasteiger partial charge in [0.05, 0.1) is 6.17 Å². The predicted octanol–water partition coefficient (Wildman–Crippen LogP) is 0.619. The lowest BCUT2D eigenvalue weighted by molar-refractivity contribution is 0.521. The van der Waals surface area contributed by atoms with Crippen LogP contribution in [0.1, 0.15) is 11.7 Å². The van der Waals surface area contributed by atoms with E-state index < -0.39 is 0 Å². The van der Waals surface area contributed by atoms with Gasteiger partial charge in [-0.2, -0.15) is 0 Å². The molecule has 0 amide bonds. The van der Waals surface area contributed by atoms with Crippen LogP contribution in [0.2, 0.25) is 0 Å². The van der Waals surface area contributed by atoms with Crippen LogP contribution in [0.3, 0.4) is 0 Å². The number of benzene rings is 1. The van der Waals surface area contributed by atoms with Gasteiger partial charge in [0.15, 0.2) is 10.4 Å². The minimum Gasteiger partial charge on any atom is -0.412 e. The first-order valence-corrected chi connectivity index (χ1v) is 4.69. The fourth-order valence-corrected chi connectivity index (χ4v) is 1.55. The van der Waals surface area contributed by atoms with Crippen LogP contribution in [0.4, 0.5) is 5.69 Å². The third-order valence-corrected chi connectivity index (χ3v) is 2.25. The highest BCUT2D eigenvalue weighted by Crippen LogP contribution is 2.19. The van der Waals surface area contributed by atoms with Crippen molar-refractivity contribution in [3.05, 3.63) is 29.8 Å². The maximum atomic E-state index is 3.28. The Morgan fingerprint density at radius 1 is 1.15 bits per heavy atom. The Kier molecular flexibility index (Phi) is 3.95. The Hall–Kier alpha value is -0.843. The van der Waals surface area contributed by atoms with Gasteiger partial charge >= 0.3 is 0 Å². The van der Waals surface area contributed by atoms with Crippen LogP contribution < -0.4 is 15.6 Å². The van der Waals surface area contributed by atoms with E-state index in [0.717, 1.165) is 5.69 Å². The number of rotatable bonds is 4. The van der Waals surface area contributed by atoms with Crippen molar-refractivity contribution in [2.75, 3.05) is 19.1 Å². The zero-order chi connectivity index (χ0) is 9.68. The lowest BCUT2D eigenvalue weighted by atomic mass is 10.1. The van der Waals surface area contributed by atoms with E-state index in [9.17, 15) is 0 Å². The third-order valence-electron chi connectivity index (χ3n) is 1.98. The summed E-state index contributed by atoms with van der Waals surface area (Å²) in [5.74, 6) is 0. The van der Waals surface area contributed by atoms with E-state index in [1.165, 1.54) is 5.56 Å². The Balaban J connectivity index is 2.96. The summed E-state index contributed by atoms with van der Waals surface area (Å²) in [7, 11) is 7.12. The van der Waals surface area contributed by atoms with Gasteiger partial charge < -0.3 is 15.6 Å². The first-order valence-electron chi connectivity index (χ1n) is 4.19. The van der Waals surface area contributed by atoms with Gasteiger partial charge in [0.2, 0.25) is 0 Å². The summed E-state index contributed by atoms with van der Waals surface area (Å²) < 4.78 is 0. The smallest absolute Gasteiger partial charge is 0.186 e. The molecule has 69 valence electrons. The molecule has 13 heavy (non-hydrogen) atoms. The Morgan fingerprint density at radius 3 is 2.31 bits per heavy atom. The molecule has 0 fully saturated rings. The maximum Gasteiger partial charge on any atom is 0.186 e. The first kappa shape index (κ1) is 10.2. The number of nitrogens with one attached hydrogen (secondary N) is 3. The molecular formula is C9H14N3Si. The van der Waals surface area contributed by atoms with Gasteiger partial charge in [0.25, 0.3) is 0 Å². The molecule has 0 aromatic heterocycles. The Labute approximate surface area is 82.4 Å². The minimum absolute atomic E-state index is 0.167. The molecule has 1 aromatic rings. The van der Waals surface area contributed by atoms with Crippen molar-refractivity contribution >= 4 is 16.1 Å². The molecule has 0 aliphatic rings. The number of anilines is 1. The monoisotopic (exact) mass is 192 g/mol. The van der Waals surface area contributed by atoms with E-state index in [4.69, 9.17) is 0 Å². The average Bonchev–Trinajstić information content (AvgIpc) is 2.20. The zero-order valence-electron chi connectivity index (χ0n) is 7.89. The Bertz CT molecular complexity index is 261. The normalized spacial score (nSPS) is 10.5. The minimum atomic E-state index is 0.167. The lowest BCUT2D eigenvalue weighted by Gasteiger charge is -2.18. The largest absolute Gasteiger partial charge is 0.412 e. The second kappa shape index (κ2) is 5.01. The summed E-state index contributed by atoms with van der Waals surface area (Å²) >= 11 is 0. The lowest BCUT2D eigenvalue weighted by Crippen LogP contribution is -2.29. The molecular weight excluding hydrogens is 178 g/mol. The van der Waals surface area contributed by atoms with Crippen molar-refractivity contribution in [2.45, 2.75) is 6.17 Å². The second-order valence-corrected chi connectivity index (χ2v) is 2.97. The van der Waals surface area contributed by atoms with E-state index in [1.807, 2.05) is 32.3 Å². The molecule has 0 saturated carbocycles. The van der Waals surface area contributed by atoms with Crippen molar-refractivity contribution < 1.29 is 0 Å². The second-order valence-electron chi connectivity index (χ2n) is 2.72. The maximum absolute atomic E-state index is 3.28. The molecule has 3 radical (unpaired) electrons. The van der Waals surface area contributed by atoms with Crippen LogP contribution in [0.25, 0.3) is 0 Å². The molecule has 0 saturated heterocycles. The van der Waals surface area contributed by atoms with Gasteiger partial charge in [-0.1, -0.05) is 18.2 Å². The van der Waals surface area contributed by atoms with Crippen LogP contribution in [-0.4, -0.2) is 24.5 Å². The van der Waals surface area contributed by atoms with Gasteiger partial charge in [0, 0.05) is 11.3 Å². The van der Waals surface area contributed by atoms with Gasteiger partial charge in [-0.15, -0.1) is 0 Å². The predicted molar refractivity (Wildman–Crippen MR) is 56.7 cm³/mol. The molecule has 0 atom stereocenters. The first-order chi connectivity index (χ1) is 6.33. The van der Waals surface area contributed by atoms with Crippen LogP contribution in [-0.2, 0) is 0 Å². The van der Waals surface area contributed by atoms with Crippen LogP contribution in [0.15, 0.2) is 24.3 Å². The molecule has 1 rings (SSSR count). The Morgan fingerprint density at radius 2 is 1.77 bits per heavy atom. The highest BCUT2D eigenvalue weighted by molar-refractivity contribution is 6.16. The topological polar surface area (TPSA) is 36.1 Å². The molecule has 0 bridgehead atoms. The summed E-state index contributed by atoms with van der Waals surface area (Å²) in [6, 6.07) is 8.10. The summed E-state index contributed by atoms with van der Waals surface area (Å²) in [5, 5.41) is 6.34. The fraction of sp³-hybridized carbons (Fsp3) is 0.333.